The number of aryl methyl sites for hydroxylation is 1. The number of halogens is 2. The first-order valence-corrected chi connectivity index (χ1v) is 6.97. The van der Waals surface area contributed by atoms with Crippen molar-refractivity contribution < 1.29 is 9.18 Å². The van der Waals surface area contributed by atoms with Crippen LogP contribution in [0.2, 0.25) is 0 Å². The second-order valence-electron chi connectivity index (χ2n) is 4.76. The molecule has 1 amide bonds. The molecule has 0 aromatic heterocycles. The number of benzene rings is 2. The molecule has 2 aromatic carbocycles. The molecule has 1 heterocycles. The lowest BCUT2D eigenvalue weighted by Crippen LogP contribution is -2.20. The van der Waals surface area contributed by atoms with Crippen LogP contribution in [0.1, 0.15) is 17.2 Å². The van der Waals surface area contributed by atoms with Crippen molar-refractivity contribution in [2.24, 2.45) is 0 Å². The number of hydrogen-bond acceptors (Lipinski definition) is 2. The molecule has 5 heteroatoms. The van der Waals surface area contributed by atoms with Gasteiger partial charge in [0.1, 0.15) is 11.9 Å². The second-order valence-corrected chi connectivity index (χ2v) is 5.67. The van der Waals surface area contributed by atoms with Gasteiger partial charge in [0, 0.05) is 21.4 Å². The minimum absolute atomic E-state index is 0.176. The molecule has 1 unspecified atom stereocenters. The second kappa shape index (κ2) is 4.90. The monoisotopic (exact) mass is 334 g/mol. The maximum Gasteiger partial charge on any atom is 0.251 e. The summed E-state index contributed by atoms with van der Waals surface area (Å²) < 4.78 is 14.3. The number of anilines is 2. The quantitative estimate of drug-likeness (QED) is 0.871. The fraction of sp³-hybridized carbons (Fsp3) is 0.133. The van der Waals surface area contributed by atoms with Crippen molar-refractivity contribution in [1.29, 1.82) is 0 Å². The van der Waals surface area contributed by atoms with Crippen LogP contribution in [-0.4, -0.2) is 5.91 Å². The van der Waals surface area contributed by atoms with Gasteiger partial charge in [-0.2, -0.15) is 0 Å². The van der Waals surface area contributed by atoms with Crippen LogP contribution in [0.5, 0.6) is 0 Å². The summed E-state index contributed by atoms with van der Waals surface area (Å²) in [4.78, 5) is 12.0. The lowest BCUT2D eigenvalue weighted by atomic mass is 10.1. The lowest BCUT2D eigenvalue weighted by molar-refractivity contribution is -0.116. The average Bonchev–Trinajstić information content (AvgIpc) is 2.70. The predicted octanol–water partition coefficient (Wildman–Crippen LogP) is 4.00. The van der Waals surface area contributed by atoms with E-state index in [1.165, 1.54) is 12.1 Å². The van der Waals surface area contributed by atoms with Crippen molar-refractivity contribution in [2.45, 2.75) is 13.0 Å². The number of nitrogens with one attached hydrogen (secondary N) is 2. The summed E-state index contributed by atoms with van der Waals surface area (Å²) in [6.07, 6.45) is 0. The van der Waals surface area contributed by atoms with Crippen molar-refractivity contribution in [3.05, 3.63) is 57.8 Å². The molecule has 0 spiro atoms. The van der Waals surface area contributed by atoms with Crippen molar-refractivity contribution in [1.82, 2.24) is 0 Å². The molecular weight excluding hydrogens is 323 g/mol. The van der Waals surface area contributed by atoms with E-state index in [1.807, 2.05) is 25.1 Å². The summed E-state index contributed by atoms with van der Waals surface area (Å²) in [5.74, 6) is -0.525. The molecule has 1 aliphatic heterocycles. The summed E-state index contributed by atoms with van der Waals surface area (Å²) >= 11 is 3.40. The minimum Gasteiger partial charge on any atom is -0.370 e. The Morgan fingerprint density at radius 1 is 1.25 bits per heavy atom. The number of rotatable bonds is 2. The maximum atomic E-state index is 13.4. The largest absolute Gasteiger partial charge is 0.370 e. The van der Waals surface area contributed by atoms with Crippen LogP contribution < -0.4 is 10.6 Å². The van der Waals surface area contributed by atoms with Crippen molar-refractivity contribution in [3.8, 4) is 0 Å². The zero-order chi connectivity index (χ0) is 14.3. The molecule has 1 aliphatic rings. The Morgan fingerprint density at radius 3 is 2.85 bits per heavy atom. The van der Waals surface area contributed by atoms with E-state index < -0.39 is 6.04 Å². The molecule has 1 atom stereocenters. The SMILES string of the molecule is Cc1ccc(Br)cc1NC1C(=O)Nc2ccc(F)cc21. The number of hydrogen-bond donors (Lipinski definition) is 2. The highest BCUT2D eigenvalue weighted by Gasteiger charge is 2.31. The molecule has 0 bridgehead atoms. The molecule has 3 nitrogen and oxygen atoms in total. The molecule has 2 aromatic rings. The van der Waals surface area contributed by atoms with Gasteiger partial charge in [0.05, 0.1) is 0 Å². The molecule has 2 N–H and O–H groups in total. The van der Waals surface area contributed by atoms with E-state index >= 15 is 0 Å². The van der Waals surface area contributed by atoms with Gasteiger partial charge in [-0.1, -0.05) is 22.0 Å². The van der Waals surface area contributed by atoms with E-state index in [9.17, 15) is 9.18 Å². The third kappa shape index (κ3) is 2.29. The highest BCUT2D eigenvalue weighted by Crippen LogP contribution is 2.34. The standard InChI is InChI=1S/C15H12BrFN2O/c1-8-2-3-9(16)6-13(8)18-14-11-7-10(17)4-5-12(11)19-15(14)20/h2-7,14,18H,1H3,(H,19,20). The van der Waals surface area contributed by atoms with E-state index in [0.29, 0.717) is 11.3 Å². The van der Waals surface area contributed by atoms with Crippen molar-refractivity contribution in [2.75, 3.05) is 10.6 Å². The number of carbonyl (C=O) groups excluding carboxylic acids is 1. The first kappa shape index (κ1) is 13.1. The fourth-order valence-corrected chi connectivity index (χ4v) is 2.64. The van der Waals surface area contributed by atoms with Crippen LogP contribution in [0.4, 0.5) is 15.8 Å². The first-order chi connectivity index (χ1) is 9.54. The van der Waals surface area contributed by atoms with Gasteiger partial charge in [-0.15, -0.1) is 0 Å². The Labute approximate surface area is 124 Å². The summed E-state index contributed by atoms with van der Waals surface area (Å²) in [5.41, 5.74) is 3.15. The molecule has 0 radical (unpaired) electrons. The topological polar surface area (TPSA) is 41.1 Å². The molecule has 20 heavy (non-hydrogen) atoms. The first-order valence-electron chi connectivity index (χ1n) is 6.17. The summed E-state index contributed by atoms with van der Waals surface area (Å²) in [7, 11) is 0. The van der Waals surface area contributed by atoms with Gasteiger partial charge in [-0.25, -0.2) is 4.39 Å². The van der Waals surface area contributed by atoms with Crippen molar-refractivity contribution >= 4 is 33.2 Å². The molecule has 0 fully saturated rings. The summed E-state index contributed by atoms with van der Waals surface area (Å²) in [6, 6.07) is 9.52. The van der Waals surface area contributed by atoms with Gasteiger partial charge in [-0.05, 0) is 42.8 Å². The van der Waals surface area contributed by atoms with Crippen LogP contribution >= 0.6 is 15.9 Å². The number of fused-ring (bicyclic) bond motifs is 1. The molecule has 0 saturated carbocycles. The molecule has 0 aliphatic carbocycles. The predicted molar refractivity (Wildman–Crippen MR) is 80.3 cm³/mol. The minimum atomic E-state index is -0.575. The van der Waals surface area contributed by atoms with Gasteiger partial charge in [0.2, 0.25) is 0 Å². The third-order valence-electron chi connectivity index (χ3n) is 3.34. The van der Waals surface area contributed by atoms with Crippen molar-refractivity contribution in [3.63, 3.8) is 0 Å². The van der Waals surface area contributed by atoms with Crippen LogP contribution in [0.3, 0.4) is 0 Å². The normalized spacial score (nSPS) is 16.8. The molecule has 3 rings (SSSR count). The highest BCUT2D eigenvalue weighted by molar-refractivity contribution is 9.10. The van der Waals surface area contributed by atoms with Crippen LogP contribution in [0, 0.1) is 12.7 Å². The third-order valence-corrected chi connectivity index (χ3v) is 3.84. The molecule has 0 saturated heterocycles. The fourth-order valence-electron chi connectivity index (χ4n) is 2.28. The Hall–Kier alpha value is -1.88. The van der Waals surface area contributed by atoms with E-state index in [0.717, 1.165) is 15.7 Å². The van der Waals surface area contributed by atoms with Gasteiger partial charge in [0.15, 0.2) is 0 Å². The maximum absolute atomic E-state index is 13.4. The van der Waals surface area contributed by atoms with E-state index in [-0.39, 0.29) is 11.7 Å². The number of carbonyl (C=O) groups is 1. The zero-order valence-electron chi connectivity index (χ0n) is 10.7. The smallest absolute Gasteiger partial charge is 0.251 e. The molecule has 102 valence electrons. The van der Waals surface area contributed by atoms with E-state index in [4.69, 9.17) is 0 Å². The zero-order valence-corrected chi connectivity index (χ0v) is 12.3. The average molecular weight is 335 g/mol. The Morgan fingerprint density at radius 2 is 2.05 bits per heavy atom. The van der Waals surface area contributed by atoms with Gasteiger partial charge < -0.3 is 10.6 Å². The van der Waals surface area contributed by atoms with Crippen LogP contribution in [0.25, 0.3) is 0 Å². The Balaban J connectivity index is 1.97. The Kier molecular flexibility index (Phi) is 3.22. The highest BCUT2D eigenvalue weighted by atomic mass is 79.9. The van der Waals surface area contributed by atoms with E-state index in [2.05, 4.69) is 26.6 Å². The van der Waals surface area contributed by atoms with Crippen LogP contribution in [0.15, 0.2) is 40.9 Å². The lowest BCUT2D eigenvalue weighted by Gasteiger charge is -2.15. The van der Waals surface area contributed by atoms with Gasteiger partial charge in [-0.3, -0.25) is 4.79 Å². The summed E-state index contributed by atoms with van der Waals surface area (Å²) in [6.45, 7) is 1.95. The number of amides is 1. The van der Waals surface area contributed by atoms with Crippen LogP contribution in [-0.2, 0) is 4.79 Å². The van der Waals surface area contributed by atoms with Gasteiger partial charge in [0.25, 0.3) is 5.91 Å². The van der Waals surface area contributed by atoms with Gasteiger partial charge >= 0.3 is 0 Å². The molecular formula is C15H12BrFN2O. The summed E-state index contributed by atoms with van der Waals surface area (Å²) in [5, 5.41) is 5.92. The van der Waals surface area contributed by atoms with E-state index in [1.54, 1.807) is 6.07 Å². The Bertz CT molecular complexity index is 702.